The molecule has 2 N–H and O–H groups in total. The zero-order chi connectivity index (χ0) is 15.7. The van der Waals surface area contributed by atoms with Crippen molar-refractivity contribution in [3.63, 3.8) is 0 Å². The van der Waals surface area contributed by atoms with Gasteiger partial charge in [0.1, 0.15) is 32.7 Å². The number of halogens is 1. The fourth-order valence-electron chi connectivity index (χ4n) is 3.42. The van der Waals surface area contributed by atoms with E-state index in [2.05, 4.69) is 12.1 Å². The van der Waals surface area contributed by atoms with Crippen LogP contribution in [0.5, 0.6) is 0 Å². The van der Waals surface area contributed by atoms with E-state index in [4.69, 9.17) is 11.6 Å². The Kier molecular flexibility index (Phi) is 4.47. The molecule has 3 rings (SSSR count). The van der Waals surface area contributed by atoms with Gasteiger partial charge >= 0.3 is 0 Å². The largest absolute Gasteiger partial charge is 0.322 e. The summed E-state index contributed by atoms with van der Waals surface area (Å²) in [7, 11) is 1.59. The van der Waals surface area contributed by atoms with Crippen LogP contribution < -0.4 is 9.80 Å². The topological polar surface area (TPSA) is 46.3 Å². The van der Waals surface area contributed by atoms with Crippen molar-refractivity contribution in [1.82, 2.24) is 4.90 Å². The van der Waals surface area contributed by atoms with Crippen LogP contribution in [-0.4, -0.2) is 56.0 Å². The molecule has 0 saturated carbocycles. The van der Waals surface area contributed by atoms with Crippen molar-refractivity contribution in [3.05, 3.63) is 34.9 Å². The van der Waals surface area contributed by atoms with Crippen molar-refractivity contribution in [2.45, 2.75) is 19.0 Å². The summed E-state index contributed by atoms with van der Waals surface area (Å²) in [5.74, 6) is -0.0559. The fraction of sp³-hybridized carbons (Fsp3) is 0.500. The molecule has 0 aliphatic carbocycles. The van der Waals surface area contributed by atoms with Gasteiger partial charge in [-0.1, -0.05) is 23.7 Å². The van der Waals surface area contributed by atoms with Gasteiger partial charge in [0.15, 0.2) is 6.04 Å². The first-order chi connectivity index (χ1) is 10.5. The number of likely N-dealkylation sites (N-methyl/N-ethyl adjacent to an activating group) is 1. The third-order valence-corrected chi connectivity index (χ3v) is 5.09. The van der Waals surface area contributed by atoms with Crippen molar-refractivity contribution in [2.24, 2.45) is 0 Å². The van der Waals surface area contributed by atoms with E-state index in [-0.39, 0.29) is 17.9 Å². The molecule has 5 nitrogen and oxygen atoms in total. The molecule has 2 saturated heterocycles. The van der Waals surface area contributed by atoms with Gasteiger partial charge in [0.05, 0.1) is 6.42 Å². The molecule has 2 aliphatic heterocycles. The fourth-order valence-corrected chi connectivity index (χ4v) is 3.54. The first-order valence-electron chi connectivity index (χ1n) is 7.77. The Bertz CT molecular complexity index is 567. The van der Waals surface area contributed by atoms with Gasteiger partial charge in [-0.25, -0.2) is 0 Å². The third-order valence-electron chi connectivity index (χ3n) is 4.84. The summed E-state index contributed by atoms with van der Waals surface area (Å²) in [6.45, 7) is 4.93. The number of benzene rings is 1. The number of hydrogen-bond acceptors (Lipinski definition) is 2. The lowest BCUT2D eigenvalue weighted by Crippen LogP contribution is -3.29. The maximum atomic E-state index is 12.1. The first kappa shape index (κ1) is 15.5. The Morgan fingerprint density at radius 3 is 2.32 bits per heavy atom. The normalized spacial score (nSPS) is 29.2. The molecule has 0 spiro atoms. The number of rotatable bonds is 3. The van der Waals surface area contributed by atoms with Crippen LogP contribution in [-0.2, 0) is 16.1 Å². The van der Waals surface area contributed by atoms with E-state index in [1.165, 1.54) is 20.3 Å². The van der Waals surface area contributed by atoms with E-state index in [9.17, 15) is 9.59 Å². The average Bonchev–Trinajstić information content (AvgIpc) is 2.78. The molecule has 0 aromatic heterocycles. The summed E-state index contributed by atoms with van der Waals surface area (Å²) in [5.41, 5.74) is 1.29. The molecule has 1 unspecified atom stereocenters. The summed E-state index contributed by atoms with van der Waals surface area (Å²) in [4.78, 5) is 27.8. The van der Waals surface area contributed by atoms with Crippen LogP contribution in [0.2, 0.25) is 5.02 Å². The van der Waals surface area contributed by atoms with E-state index in [0.29, 0.717) is 6.42 Å². The molecule has 0 radical (unpaired) electrons. The molecule has 1 aromatic carbocycles. The average molecular weight is 324 g/mol. The lowest BCUT2D eigenvalue weighted by Gasteiger charge is -2.32. The van der Waals surface area contributed by atoms with Gasteiger partial charge in [0, 0.05) is 17.6 Å². The van der Waals surface area contributed by atoms with Crippen molar-refractivity contribution in [2.75, 3.05) is 33.2 Å². The minimum Gasteiger partial charge on any atom is -0.322 e. The van der Waals surface area contributed by atoms with Crippen LogP contribution in [0, 0.1) is 0 Å². The van der Waals surface area contributed by atoms with Crippen LogP contribution in [0.15, 0.2) is 24.3 Å². The van der Waals surface area contributed by atoms with Gasteiger partial charge in [0.25, 0.3) is 5.91 Å². The monoisotopic (exact) mass is 323 g/mol. The Balaban J connectivity index is 1.53. The number of piperazine rings is 1. The Hall–Kier alpha value is -1.43. The van der Waals surface area contributed by atoms with Crippen molar-refractivity contribution >= 4 is 23.4 Å². The second-order valence-corrected chi connectivity index (χ2v) is 6.70. The molecule has 1 atom stereocenters. The van der Waals surface area contributed by atoms with E-state index in [1.807, 2.05) is 12.1 Å². The zero-order valence-electron chi connectivity index (χ0n) is 12.8. The number of carbonyl (C=O) groups is 2. The first-order valence-corrected chi connectivity index (χ1v) is 8.15. The summed E-state index contributed by atoms with van der Waals surface area (Å²) in [6.07, 6.45) is 0.372. The molecule has 118 valence electrons. The lowest BCUT2D eigenvalue weighted by atomic mass is 10.1. The maximum Gasteiger partial charge on any atom is 0.287 e. The summed E-state index contributed by atoms with van der Waals surface area (Å²) in [5, 5.41) is 0.765. The Morgan fingerprint density at radius 1 is 1.14 bits per heavy atom. The molecule has 6 heteroatoms. The van der Waals surface area contributed by atoms with Gasteiger partial charge in [0.2, 0.25) is 5.91 Å². The number of imide groups is 1. The molecule has 1 aromatic rings. The van der Waals surface area contributed by atoms with Gasteiger partial charge < -0.3 is 9.80 Å². The van der Waals surface area contributed by atoms with Gasteiger partial charge in [-0.3, -0.25) is 14.5 Å². The van der Waals surface area contributed by atoms with Crippen LogP contribution >= 0.6 is 11.6 Å². The van der Waals surface area contributed by atoms with Gasteiger partial charge in [-0.05, 0) is 12.1 Å². The standard InChI is InChI=1S/C16H20ClN3O2/c1-18-15(21)10-14(16(18)22)20-8-6-19(7-9-20)11-12-2-4-13(17)5-3-12/h2-5,14H,6-11H2,1H3/p+2. The lowest BCUT2D eigenvalue weighted by molar-refractivity contribution is -1.02. The van der Waals surface area contributed by atoms with E-state index >= 15 is 0 Å². The Morgan fingerprint density at radius 2 is 1.77 bits per heavy atom. The number of carbonyl (C=O) groups excluding carboxylic acids is 2. The van der Waals surface area contributed by atoms with E-state index in [1.54, 1.807) is 7.05 Å². The smallest absolute Gasteiger partial charge is 0.287 e. The number of amides is 2. The molecular weight excluding hydrogens is 302 g/mol. The third kappa shape index (κ3) is 3.16. The highest BCUT2D eigenvalue weighted by molar-refractivity contribution is 6.30. The number of likely N-dealkylation sites (tertiary alicyclic amines) is 1. The SMILES string of the molecule is CN1C(=O)CC([NH+]2CC[NH+](Cc3ccc(Cl)cc3)CC2)C1=O. The zero-order valence-corrected chi connectivity index (χ0v) is 13.5. The van der Waals surface area contributed by atoms with Gasteiger partial charge in [-0.15, -0.1) is 0 Å². The minimum atomic E-state index is -0.158. The minimum absolute atomic E-state index is 0.0128. The number of quaternary nitrogens is 2. The predicted molar refractivity (Wildman–Crippen MR) is 82.7 cm³/mol. The molecule has 2 aliphatic rings. The highest BCUT2D eigenvalue weighted by atomic mass is 35.5. The second-order valence-electron chi connectivity index (χ2n) is 6.26. The molecule has 2 amide bonds. The summed E-state index contributed by atoms with van der Waals surface area (Å²) < 4.78 is 0. The maximum absolute atomic E-state index is 12.1. The van der Waals surface area contributed by atoms with Crippen molar-refractivity contribution in [3.8, 4) is 0 Å². The quantitative estimate of drug-likeness (QED) is 0.657. The van der Waals surface area contributed by atoms with Crippen molar-refractivity contribution < 1.29 is 19.4 Å². The van der Waals surface area contributed by atoms with Crippen molar-refractivity contribution in [1.29, 1.82) is 0 Å². The number of nitrogens with one attached hydrogen (secondary N) is 2. The number of hydrogen-bond donors (Lipinski definition) is 2. The molecule has 2 heterocycles. The highest BCUT2D eigenvalue weighted by Gasteiger charge is 2.44. The molecular formula is C16H22ClN3O2+2. The highest BCUT2D eigenvalue weighted by Crippen LogP contribution is 2.09. The van der Waals surface area contributed by atoms with Crippen LogP contribution in [0.4, 0.5) is 0 Å². The molecule has 0 bridgehead atoms. The molecule has 22 heavy (non-hydrogen) atoms. The molecule has 2 fully saturated rings. The number of nitrogens with zero attached hydrogens (tertiary/aromatic N) is 1. The second kappa shape index (κ2) is 6.36. The van der Waals surface area contributed by atoms with Gasteiger partial charge in [-0.2, -0.15) is 0 Å². The Labute approximate surface area is 135 Å². The van der Waals surface area contributed by atoms with Crippen LogP contribution in [0.1, 0.15) is 12.0 Å². The van der Waals surface area contributed by atoms with Crippen LogP contribution in [0.3, 0.4) is 0 Å². The summed E-state index contributed by atoms with van der Waals surface area (Å²) >= 11 is 5.91. The summed E-state index contributed by atoms with van der Waals surface area (Å²) in [6, 6.07) is 7.84. The van der Waals surface area contributed by atoms with Crippen LogP contribution in [0.25, 0.3) is 0 Å². The predicted octanol–water partition coefficient (Wildman–Crippen LogP) is -1.62. The van der Waals surface area contributed by atoms with E-state index in [0.717, 1.165) is 37.7 Å². The van der Waals surface area contributed by atoms with E-state index < -0.39 is 0 Å².